The van der Waals surface area contributed by atoms with Crippen molar-refractivity contribution in [3.05, 3.63) is 65.5 Å². The van der Waals surface area contributed by atoms with E-state index in [1.54, 1.807) is 30.3 Å². The van der Waals surface area contributed by atoms with Crippen molar-refractivity contribution < 1.29 is 14.0 Å². The first-order valence-electron chi connectivity index (χ1n) is 6.71. The molecule has 0 atom stereocenters. The summed E-state index contributed by atoms with van der Waals surface area (Å²) >= 11 is 5.04. The van der Waals surface area contributed by atoms with Gasteiger partial charge in [-0.2, -0.15) is 0 Å². The van der Waals surface area contributed by atoms with Crippen molar-refractivity contribution in [3.63, 3.8) is 0 Å². The molecule has 5 nitrogen and oxygen atoms in total. The number of carbonyl (C=O) groups is 2. The molecule has 2 aromatic rings. The van der Waals surface area contributed by atoms with Gasteiger partial charge in [-0.3, -0.25) is 14.9 Å². The van der Waals surface area contributed by atoms with Crippen LogP contribution in [0.5, 0.6) is 0 Å². The molecule has 2 aromatic carbocycles. The van der Waals surface area contributed by atoms with Crippen molar-refractivity contribution in [1.29, 1.82) is 0 Å². The van der Waals surface area contributed by atoms with Gasteiger partial charge in [0.2, 0.25) is 0 Å². The van der Waals surface area contributed by atoms with E-state index in [4.69, 9.17) is 12.2 Å². The third-order valence-corrected chi connectivity index (χ3v) is 3.20. The summed E-state index contributed by atoms with van der Waals surface area (Å²) in [7, 11) is 1.51. The number of hydrogen-bond donors (Lipinski definition) is 3. The molecular weight excluding hydrogens is 317 g/mol. The predicted octanol–water partition coefficient (Wildman–Crippen LogP) is 2.31. The lowest BCUT2D eigenvalue weighted by atomic mass is 10.1. The van der Waals surface area contributed by atoms with Crippen LogP contribution in [0, 0.1) is 5.82 Å². The van der Waals surface area contributed by atoms with Crippen LogP contribution in [-0.4, -0.2) is 24.0 Å². The van der Waals surface area contributed by atoms with E-state index in [9.17, 15) is 14.0 Å². The van der Waals surface area contributed by atoms with Gasteiger partial charge in [-0.1, -0.05) is 24.3 Å². The maximum atomic E-state index is 13.6. The van der Waals surface area contributed by atoms with Gasteiger partial charge in [0.25, 0.3) is 11.8 Å². The summed E-state index contributed by atoms with van der Waals surface area (Å²) in [5.41, 5.74) is 0.694. The second-order valence-corrected chi connectivity index (χ2v) is 4.92. The van der Waals surface area contributed by atoms with E-state index in [1.807, 2.05) is 0 Å². The molecule has 118 valence electrons. The number of hydrogen-bond acceptors (Lipinski definition) is 3. The van der Waals surface area contributed by atoms with E-state index in [2.05, 4.69) is 16.0 Å². The number of rotatable bonds is 3. The van der Waals surface area contributed by atoms with Gasteiger partial charge in [0.15, 0.2) is 5.11 Å². The smallest absolute Gasteiger partial charge is 0.260 e. The van der Waals surface area contributed by atoms with Crippen LogP contribution in [0.15, 0.2) is 48.5 Å². The fourth-order valence-electron chi connectivity index (χ4n) is 1.89. The van der Waals surface area contributed by atoms with E-state index in [1.165, 1.54) is 25.2 Å². The molecule has 0 aromatic heterocycles. The molecule has 0 spiro atoms. The number of thiocarbonyl (C=S) groups is 1. The van der Waals surface area contributed by atoms with E-state index in [0.29, 0.717) is 11.3 Å². The predicted molar refractivity (Wildman–Crippen MR) is 89.9 cm³/mol. The van der Waals surface area contributed by atoms with Gasteiger partial charge in [-0.25, -0.2) is 4.39 Å². The number of anilines is 1. The molecule has 0 aliphatic heterocycles. The Morgan fingerprint density at radius 1 is 0.957 bits per heavy atom. The summed E-state index contributed by atoms with van der Waals surface area (Å²) in [4.78, 5) is 23.8. The van der Waals surface area contributed by atoms with Gasteiger partial charge in [-0.05, 0) is 36.5 Å². The van der Waals surface area contributed by atoms with Gasteiger partial charge >= 0.3 is 0 Å². The van der Waals surface area contributed by atoms with E-state index in [0.717, 1.165) is 0 Å². The number of carbonyl (C=O) groups excluding carboxylic acids is 2. The minimum Gasteiger partial charge on any atom is -0.355 e. The van der Waals surface area contributed by atoms with Crippen LogP contribution in [0.25, 0.3) is 0 Å². The summed E-state index contributed by atoms with van der Waals surface area (Å²) in [5, 5.41) is 7.62. The van der Waals surface area contributed by atoms with Crippen LogP contribution < -0.4 is 16.0 Å². The maximum Gasteiger partial charge on any atom is 0.260 e. The monoisotopic (exact) mass is 331 g/mol. The Morgan fingerprint density at radius 2 is 1.57 bits per heavy atom. The first kappa shape index (κ1) is 16.6. The number of para-hydroxylation sites is 1. The molecule has 7 heteroatoms. The SMILES string of the molecule is CNC(=O)c1ccccc1NC(=S)NC(=O)c1ccccc1F. The van der Waals surface area contributed by atoms with Crippen molar-refractivity contribution in [2.75, 3.05) is 12.4 Å². The molecule has 2 amide bonds. The van der Waals surface area contributed by atoms with E-state index in [-0.39, 0.29) is 16.6 Å². The highest BCUT2D eigenvalue weighted by Gasteiger charge is 2.14. The van der Waals surface area contributed by atoms with E-state index < -0.39 is 11.7 Å². The van der Waals surface area contributed by atoms with Crippen molar-refractivity contribution in [3.8, 4) is 0 Å². The van der Waals surface area contributed by atoms with E-state index >= 15 is 0 Å². The second-order valence-electron chi connectivity index (χ2n) is 4.51. The molecule has 0 aliphatic rings. The zero-order valence-electron chi connectivity index (χ0n) is 12.2. The molecule has 0 fully saturated rings. The Labute approximate surface area is 137 Å². The first-order chi connectivity index (χ1) is 11.0. The Bertz CT molecular complexity index is 764. The Balaban J connectivity index is 2.10. The molecule has 3 N–H and O–H groups in total. The summed E-state index contributed by atoms with van der Waals surface area (Å²) in [5.74, 6) is -1.60. The highest BCUT2D eigenvalue weighted by molar-refractivity contribution is 7.80. The highest BCUT2D eigenvalue weighted by Crippen LogP contribution is 2.15. The van der Waals surface area contributed by atoms with Crippen LogP contribution in [0.4, 0.5) is 10.1 Å². The largest absolute Gasteiger partial charge is 0.355 e. The lowest BCUT2D eigenvalue weighted by Crippen LogP contribution is -2.35. The van der Waals surface area contributed by atoms with Gasteiger partial charge in [0, 0.05) is 7.05 Å². The molecule has 0 radical (unpaired) electrons. The van der Waals surface area contributed by atoms with Crippen LogP contribution in [0.3, 0.4) is 0 Å². The highest BCUT2D eigenvalue weighted by atomic mass is 32.1. The van der Waals surface area contributed by atoms with Crippen LogP contribution in [-0.2, 0) is 0 Å². The average Bonchev–Trinajstić information content (AvgIpc) is 2.54. The number of halogens is 1. The molecule has 0 heterocycles. The zero-order valence-corrected chi connectivity index (χ0v) is 13.0. The maximum absolute atomic E-state index is 13.6. The Hall–Kier alpha value is -2.80. The molecule has 2 rings (SSSR count). The van der Waals surface area contributed by atoms with Gasteiger partial charge in [0.05, 0.1) is 16.8 Å². The summed E-state index contributed by atoms with van der Waals surface area (Å²) in [6, 6.07) is 12.3. The fraction of sp³-hybridized carbons (Fsp3) is 0.0625. The number of benzene rings is 2. The summed E-state index contributed by atoms with van der Waals surface area (Å²) in [6.45, 7) is 0. The second kappa shape index (κ2) is 7.46. The minimum absolute atomic E-state index is 0.0328. The van der Waals surface area contributed by atoms with Gasteiger partial charge in [-0.15, -0.1) is 0 Å². The minimum atomic E-state index is -0.668. The molecule has 23 heavy (non-hydrogen) atoms. The molecule has 0 saturated heterocycles. The van der Waals surface area contributed by atoms with Crippen molar-refractivity contribution in [2.45, 2.75) is 0 Å². The normalized spacial score (nSPS) is 9.83. The Morgan fingerprint density at radius 3 is 2.22 bits per heavy atom. The topological polar surface area (TPSA) is 70.2 Å². The Kier molecular flexibility index (Phi) is 5.37. The molecular formula is C16H14FN3O2S. The lowest BCUT2D eigenvalue weighted by molar-refractivity contribution is 0.0960. The molecule has 0 unspecified atom stereocenters. The lowest BCUT2D eigenvalue weighted by Gasteiger charge is -2.13. The summed E-state index contributed by atoms with van der Waals surface area (Å²) < 4.78 is 13.6. The van der Waals surface area contributed by atoms with Crippen molar-refractivity contribution in [1.82, 2.24) is 10.6 Å². The van der Waals surface area contributed by atoms with Gasteiger partial charge in [0.1, 0.15) is 5.82 Å². The number of amides is 2. The standard InChI is InChI=1S/C16H14FN3O2S/c1-18-14(21)11-7-3-5-9-13(11)19-16(23)20-15(22)10-6-2-4-8-12(10)17/h2-9H,1H3,(H,18,21)(H2,19,20,22,23). The third kappa shape index (κ3) is 4.10. The van der Waals surface area contributed by atoms with Crippen molar-refractivity contribution in [2.24, 2.45) is 0 Å². The third-order valence-electron chi connectivity index (χ3n) is 2.99. The summed E-state index contributed by atoms with van der Waals surface area (Å²) in [6.07, 6.45) is 0. The van der Waals surface area contributed by atoms with Crippen molar-refractivity contribution >= 4 is 34.8 Å². The van der Waals surface area contributed by atoms with Crippen LogP contribution in [0.2, 0.25) is 0 Å². The molecule has 0 saturated carbocycles. The van der Waals surface area contributed by atoms with Crippen LogP contribution in [0.1, 0.15) is 20.7 Å². The molecule has 0 aliphatic carbocycles. The first-order valence-corrected chi connectivity index (χ1v) is 7.11. The number of nitrogens with one attached hydrogen (secondary N) is 3. The van der Waals surface area contributed by atoms with Crippen LogP contribution >= 0.6 is 12.2 Å². The quantitative estimate of drug-likeness (QED) is 0.755. The fourth-order valence-corrected chi connectivity index (χ4v) is 2.10. The van der Waals surface area contributed by atoms with Gasteiger partial charge < -0.3 is 10.6 Å². The zero-order chi connectivity index (χ0) is 16.8. The molecule has 0 bridgehead atoms. The average molecular weight is 331 g/mol.